The molecule has 4 aliphatic carbocycles. The smallest absolute Gasteiger partial charge is 0.282 e. The summed E-state index contributed by atoms with van der Waals surface area (Å²) in [4.78, 5) is 37.3. The molecule has 2 aromatic carbocycles. The maximum absolute atomic E-state index is 13.1. The Morgan fingerprint density at radius 2 is 1.16 bits per heavy atom. The Morgan fingerprint density at radius 1 is 0.720 bits per heavy atom. The van der Waals surface area contributed by atoms with E-state index in [0.29, 0.717) is 11.4 Å². The monoisotopic (exact) mass is 728 g/mol. The lowest BCUT2D eigenvalue weighted by atomic mass is 9.90. The summed E-state index contributed by atoms with van der Waals surface area (Å²) in [7, 11) is 2.99. The molecule has 50 heavy (non-hydrogen) atoms. The predicted octanol–water partition coefficient (Wildman–Crippen LogP) is 8.43. The number of carbonyl (C=O) groups excluding carboxylic acids is 3. The van der Waals surface area contributed by atoms with E-state index in [1.165, 1.54) is 35.9 Å². The fourth-order valence-corrected chi connectivity index (χ4v) is 8.59. The minimum absolute atomic E-state index is 0.0555. The molecule has 15 heteroatoms. The molecule has 0 saturated heterocycles. The normalized spacial score (nSPS) is 21.0. The van der Waals surface area contributed by atoms with E-state index in [-0.39, 0.29) is 45.1 Å². The SMILES string of the molecule is Cn1cc(C(=O)Nc2cccc3c2C2CCC3C2=C(Cl)Cl)c(C(F)F)n1.Cn1cc(C(=O)Nc2cccc3c2C2CCC3C2=O)c(C(F)F)n1. The zero-order valence-electron chi connectivity index (χ0n) is 26.7. The number of halogens is 6. The van der Waals surface area contributed by atoms with E-state index >= 15 is 0 Å². The number of nitrogens with one attached hydrogen (secondary N) is 2. The number of carbonyl (C=O) groups is 3. The minimum atomic E-state index is -2.83. The Morgan fingerprint density at radius 3 is 1.66 bits per heavy atom. The van der Waals surface area contributed by atoms with E-state index in [0.717, 1.165) is 53.5 Å². The maximum atomic E-state index is 13.1. The summed E-state index contributed by atoms with van der Waals surface area (Å²) in [6.45, 7) is 0. The number of hydrogen-bond donors (Lipinski definition) is 2. The van der Waals surface area contributed by atoms with Crippen LogP contribution in [0.3, 0.4) is 0 Å². The second-order valence-electron chi connectivity index (χ2n) is 12.8. The van der Waals surface area contributed by atoms with Gasteiger partial charge in [0, 0.05) is 61.5 Å². The molecule has 8 rings (SSSR count). The number of amides is 2. The van der Waals surface area contributed by atoms with Crippen LogP contribution in [0.4, 0.5) is 28.9 Å². The van der Waals surface area contributed by atoms with Crippen LogP contribution >= 0.6 is 23.2 Å². The zero-order chi connectivity index (χ0) is 35.6. The number of fused-ring (bicyclic) bond motifs is 10. The summed E-state index contributed by atoms with van der Waals surface area (Å²) < 4.78 is 55.0. The van der Waals surface area contributed by atoms with Gasteiger partial charge in [-0.05, 0) is 65.6 Å². The van der Waals surface area contributed by atoms with Crippen LogP contribution in [-0.4, -0.2) is 37.2 Å². The maximum Gasteiger partial charge on any atom is 0.282 e. The molecule has 2 aromatic heterocycles. The van der Waals surface area contributed by atoms with E-state index < -0.39 is 36.1 Å². The number of anilines is 2. The van der Waals surface area contributed by atoms with Gasteiger partial charge in [-0.3, -0.25) is 23.7 Å². The van der Waals surface area contributed by atoms with Crippen LogP contribution in [0, 0.1) is 0 Å². The summed E-state index contributed by atoms with van der Waals surface area (Å²) in [5.41, 5.74) is 4.64. The molecule has 4 aliphatic rings. The van der Waals surface area contributed by atoms with Crippen molar-refractivity contribution < 1.29 is 31.9 Å². The Hall–Kier alpha value is -4.49. The van der Waals surface area contributed by atoms with Crippen molar-refractivity contribution in [2.24, 2.45) is 14.1 Å². The fourth-order valence-electron chi connectivity index (χ4n) is 8.06. The molecule has 4 atom stereocenters. The average Bonchev–Trinajstić information content (AvgIpc) is 3.92. The Bertz CT molecular complexity index is 2090. The van der Waals surface area contributed by atoms with Gasteiger partial charge >= 0.3 is 0 Å². The lowest BCUT2D eigenvalue weighted by Gasteiger charge is -2.18. The van der Waals surface area contributed by atoms with Gasteiger partial charge in [-0.25, -0.2) is 17.6 Å². The minimum Gasteiger partial charge on any atom is -0.322 e. The third-order valence-electron chi connectivity index (χ3n) is 9.99. The first kappa shape index (κ1) is 34.0. The van der Waals surface area contributed by atoms with Crippen LogP contribution in [-0.2, 0) is 18.9 Å². The summed E-state index contributed by atoms with van der Waals surface area (Å²) in [6, 6.07) is 11.0. The topological polar surface area (TPSA) is 111 Å². The van der Waals surface area contributed by atoms with Gasteiger partial charge in [-0.2, -0.15) is 10.2 Å². The number of ketones is 1. The van der Waals surface area contributed by atoms with Crippen molar-refractivity contribution in [1.29, 1.82) is 0 Å². The van der Waals surface area contributed by atoms with Gasteiger partial charge in [0.1, 0.15) is 21.7 Å². The van der Waals surface area contributed by atoms with Gasteiger partial charge in [0.25, 0.3) is 24.7 Å². The van der Waals surface area contributed by atoms with Crippen molar-refractivity contribution in [3.8, 4) is 0 Å². The molecule has 2 saturated carbocycles. The van der Waals surface area contributed by atoms with Crippen molar-refractivity contribution in [1.82, 2.24) is 19.6 Å². The first-order valence-corrected chi connectivity index (χ1v) is 16.7. The zero-order valence-corrected chi connectivity index (χ0v) is 28.2. The van der Waals surface area contributed by atoms with Gasteiger partial charge < -0.3 is 10.6 Å². The first-order valence-electron chi connectivity index (χ1n) is 16.0. The van der Waals surface area contributed by atoms with Crippen LogP contribution < -0.4 is 10.6 Å². The van der Waals surface area contributed by atoms with Crippen LogP contribution in [0.1, 0.15) is 117 Å². The van der Waals surface area contributed by atoms with Gasteiger partial charge in [0.05, 0.1) is 11.1 Å². The Labute approximate surface area is 293 Å². The quantitative estimate of drug-likeness (QED) is 0.194. The highest BCUT2D eigenvalue weighted by Crippen LogP contribution is 2.60. The molecule has 260 valence electrons. The van der Waals surface area contributed by atoms with Crippen LogP contribution in [0.2, 0.25) is 0 Å². The number of allylic oxidation sites excluding steroid dienone is 1. The van der Waals surface area contributed by atoms with E-state index in [1.807, 2.05) is 18.2 Å². The van der Waals surface area contributed by atoms with Crippen LogP contribution in [0.25, 0.3) is 0 Å². The third-order valence-corrected chi connectivity index (χ3v) is 10.4. The highest BCUT2D eigenvalue weighted by atomic mass is 35.5. The average molecular weight is 730 g/mol. The van der Waals surface area contributed by atoms with Crippen molar-refractivity contribution in [3.05, 3.63) is 104 Å². The Balaban J connectivity index is 0.000000157. The van der Waals surface area contributed by atoms with Gasteiger partial charge in [-0.15, -0.1) is 0 Å². The summed E-state index contributed by atoms with van der Waals surface area (Å²) >= 11 is 12.2. The molecule has 2 fully saturated rings. The molecule has 0 spiro atoms. The molecule has 2 heterocycles. The molecule has 2 N–H and O–H groups in total. The lowest BCUT2D eigenvalue weighted by Crippen LogP contribution is -2.16. The number of aromatic nitrogens is 4. The summed E-state index contributed by atoms with van der Waals surface area (Å²) in [6.07, 6.45) is 0.406. The number of nitrogens with zero attached hydrogens (tertiary/aromatic N) is 4. The number of hydrogen-bond acceptors (Lipinski definition) is 5. The summed E-state index contributed by atoms with van der Waals surface area (Å²) in [5.74, 6) is -1.11. The second-order valence-corrected chi connectivity index (χ2v) is 13.8. The fraction of sp³-hybridized carbons (Fsp3) is 0.343. The Kier molecular flexibility index (Phi) is 8.83. The number of benzene rings is 2. The standard InChI is InChI=1S/C18H15Cl2F2N3O.C17H15F2N3O2/c1-25-7-11(15(24-25)17(21)22)18(26)23-12-4-2-3-8-9-5-6-10(13(8)12)14(9)16(19)20;1-22-7-11(14(21-22)16(18)19)17(24)20-12-4-2-3-8-9-5-6-10(13(8)12)15(9)23/h2-4,7,9-10,17H,5-6H2,1H3,(H,23,26);2-4,7,9-10,16H,5-6H2,1H3,(H,20,24). The molecule has 0 aliphatic heterocycles. The van der Waals surface area contributed by atoms with Crippen LogP contribution in [0.5, 0.6) is 0 Å². The van der Waals surface area contributed by atoms with Gasteiger partial charge in [0.15, 0.2) is 0 Å². The number of Topliss-reactive ketones (excluding diaryl/α,β-unsaturated/α-hetero) is 1. The van der Waals surface area contributed by atoms with Crippen LogP contribution in [0.15, 0.2) is 58.9 Å². The molecule has 4 unspecified atom stereocenters. The van der Waals surface area contributed by atoms with Crippen molar-refractivity contribution >= 4 is 52.2 Å². The molecular weight excluding hydrogens is 699 g/mol. The highest BCUT2D eigenvalue weighted by Gasteiger charge is 2.46. The molecule has 4 aromatic rings. The van der Waals surface area contributed by atoms with Gasteiger partial charge in [-0.1, -0.05) is 47.5 Å². The van der Waals surface area contributed by atoms with Crippen molar-refractivity contribution in [2.45, 2.75) is 62.2 Å². The molecular formula is C35H30Cl2F4N6O3. The molecule has 0 radical (unpaired) electrons. The van der Waals surface area contributed by atoms with Crippen molar-refractivity contribution in [2.75, 3.05) is 10.6 Å². The molecule has 2 amide bonds. The van der Waals surface area contributed by atoms with E-state index in [9.17, 15) is 31.9 Å². The number of rotatable bonds is 6. The van der Waals surface area contributed by atoms with E-state index in [1.54, 1.807) is 18.2 Å². The van der Waals surface area contributed by atoms with Gasteiger partial charge in [0.2, 0.25) is 0 Å². The van der Waals surface area contributed by atoms with Crippen molar-refractivity contribution in [3.63, 3.8) is 0 Å². The first-order chi connectivity index (χ1) is 23.8. The highest BCUT2D eigenvalue weighted by molar-refractivity contribution is 6.56. The predicted molar refractivity (Wildman–Crippen MR) is 178 cm³/mol. The van der Waals surface area contributed by atoms with E-state index in [2.05, 4.69) is 20.8 Å². The third kappa shape index (κ3) is 5.69. The van der Waals surface area contributed by atoms with E-state index in [4.69, 9.17) is 23.2 Å². The second kappa shape index (κ2) is 13.0. The number of alkyl halides is 4. The molecule has 9 nitrogen and oxygen atoms in total. The number of aryl methyl sites for hydroxylation is 2. The lowest BCUT2D eigenvalue weighted by molar-refractivity contribution is -0.119. The summed E-state index contributed by atoms with van der Waals surface area (Å²) in [5, 5.41) is 12.8. The largest absolute Gasteiger partial charge is 0.322 e. The molecule has 4 bridgehead atoms.